The average molecular weight is 485 g/mol. The molecule has 7 nitrogen and oxygen atoms in total. The maximum atomic E-state index is 13.4. The summed E-state index contributed by atoms with van der Waals surface area (Å²) in [6.07, 6.45) is 9.71. The lowest BCUT2D eigenvalue weighted by Crippen LogP contribution is -2.35. The molecule has 1 atom stereocenters. The van der Waals surface area contributed by atoms with Crippen molar-refractivity contribution in [3.8, 4) is 0 Å². The fourth-order valence-corrected chi connectivity index (χ4v) is 5.98. The normalized spacial score (nSPS) is 27.1. The molecule has 9 heteroatoms. The van der Waals surface area contributed by atoms with Crippen LogP contribution in [0.25, 0.3) is 11.7 Å². The summed E-state index contributed by atoms with van der Waals surface area (Å²) < 4.78 is 7.71. The molecule has 4 heterocycles. The second-order valence-corrected chi connectivity index (χ2v) is 10.8. The third-order valence-electron chi connectivity index (χ3n) is 6.68. The van der Waals surface area contributed by atoms with E-state index in [1.54, 1.807) is 23.2 Å². The van der Waals surface area contributed by atoms with Gasteiger partial charge in [0, 0.05) is 18.8 Å². The molecule has 2 aromatic rings. The van der Waals surface area contributed by atoms with Crippen LogP contribution in [0, 0.1) is 5.92 Å². The summed E-state index contributed by atoms with van der Waals surface area (Å²) in [4.78, 5) is 33.4. The predicted molar refractivity (Wildman–Crippen MR) is 135 cm³/mol. The van der Waals surface area contributed by atoms with Crippen LogP contribution in [0.2, 0.25) is 0 Å². The van der Waals surface area contributed by atoms with Crippen molar-refractivity contribution in [3.63, 3.8) is 0 Å². The Bertz CT molecular complexity index is 1160. The first kappa shape index (κ1) is 22.6. The van der Waals surface area contributed by atoms with Gasteiger partial charge in [-0.1, -0.05) is 37.0 Å². The van der Waals surface area contributed by atoms with Gasteiger partial charge in [-0.2, -0.15) is 0 Å². The number of anilines is 1. The monoisotopic (exact) mass is 484 g/mol. The molecule has 0 aromatic carbocycles. The largest absolute Gasteiger partial charge is 0.376 e. The molecule has 0 bridgehead atoms. The third-order valence-corrected chi connectivity index (χ3v) is 8.06. The Kier molecular flexibility index (Phi) is 6.53. The van der Waals surface area contributed by atoms with Crippen molar-refractivity contribution < 1.29 is 9.53 Å². The SMILES string of the molecule is CC1CCC(Nc2nc3ccccn3c(=O)c2/C=C2/SC(=S)N(CC3CCCO3)C2=O)CC1. The maximum Gasteiger partial charge on any atom is 0.267 e. The highest BCUT2D eigenvalue weighted by atomic mass is 32.2. The molecule has 1 N–H and O–H groups in total. The summed E-state index contributed by atoms with van der Waals surface area (Å²) in [5.41, 5.74) is 0.781. The number of thioether (sulfide) groups is 1. The molecule has 1 amide bonds. The van der Waals surface area contributed by atoms with E-state index in [0.717, 1.165) is 51.0 Å². The number of rotatable bonds is 5. The zero-order chi connectivity index (χ0) is 22.9. The van der Waals surface area contributed by atoms with Gasteiger partial charge in [-0.3, -0.25) is 18.9 Å². The van der Waals surface area contributed by atoms with Gasteiger partial charge in [0.15, 0.2) is 0 Å². The number of nitrogens with one attached hydrogen (secondary N) is 1. The van der Waals surface area contributed by atoms with Crippen LogP contribution in [-0.4, -0.2) is 49.8 Å². The highest BCUT2D eigenvalue weighted by Crippen LogP contribution is 2.34. The smallest absolute Gasteiger partial charge is 0.267 e. The van der Waals surface area contributed by atoms with Gasteiger partial charge in [-0.15, -0.1) is 0 Å². The van der Waals surface area contributed by atoms with E-state index in [-0.39, 0.29) is 23.6 Å². The number of carbonyl (C=O) groups excluding carboxylic acids is 1. The second-order valence-electron chi connectivity index (χ2n) is 9.14. The molecule has 0 radical (unpaired) electrons. The predicted octanol–water partition coefficient (Wildman–Crippen LogP) is 4.07. The minimum Gasteiger partial charge on any atom is -0.376 e. The first-order chi connectivity index (χ1) is 16.0. The van der Waals surface area contributed by atoms with Crippen LogP contribution in [-0.2, 0) is 9.53 Å². The molecule has 33 heavy (non-hydrogen) atoms. The summed E-state index contributed by atoms with van der Waals surface area (Å²) in [7, 11) is 0. The molecule has 1 aliphatic carbocycles. The number of hydrogen-bond donors (Lipinski definition) is 1. The number of hydrogen-bond acceptors (Lipinski definition) is 7. The van der Waals surface area contributed by atoms with Crippen molar-refractivity contribution in [2.75, 3.05) is 18.5 Å². The van der Waals surface area contributed by atoms with Gasteiger partial charge in [0.05, 0.1) is 23.1 Å². The van der Waals surface area contributed by atoms with Crippen molar-refractivity contribution >= 4 is 51.7 Å². The van der Waals surface area contributed by atoms with Gasteiger partial charge in [-0.05, 0) is 62.7 Å². The lowest BCUT2D eigenvalue weighted by atomic mass is 9.87. The van der Waals surface area contributed by atoms with E-state index < -0.39 is 0 Å². The fraction of sp³-hybridized carbons (Fsp3) is 0.500. The Morgan fingerprint density at radius 3 is 2.82 bits per heavy atom. The lowest BCUT2D eigenvalue weighted by Gasteiger charge is -2.27. The topological polar surface area (TPSA) is 75.9 Å². The highest BCUT2D eigenvalue weighted by Gasteiger charge is 2.35. The van der Waals surface area contributed by atoms with Crippen molar-refractivity contribution in [2.24, 2.45) is 5.92 Å². The van der Waals surface area contributed by atoms with E-state index in [4.69, 9.17) is 21.9 Å². The van der Waals surface area contributed by atoms with E-state index in [0.29, 0.717) is 32.8 Å². The first-order valence-electron chi connectivity index (χ1n) is 11.6. The molecule has 5 rings (SSSR count). The molecule has 3 fully saturated rings. The lowest BCUT2D eigenvalue weighted by molar-refractivity contribution is -0.123. The maximum absolute atomic E-state index is 13.4. The van der Waals surface area contributed by atoms with Gasteiger partial charge in [0.1, 0.15) is 15.8 Å². The third kappa shape index (κ3) is 4.72. The molecule has 2 aliphatic heterocycles. The second kappa shape index (κ2) is 9.56. The summed E-state index contributed by atoms with van der Waals surface area (Å²) in [5.74, 6) is 1.09. The number of fused-ring (bicyclic) bond motifs is 1. The number of nitrogens with zero attached hydrogens (tertiary/aromatic N) is 3. The Hall–Kier alpha value is -2.23. The van der Waals surface area contributed by atoms with Crippen LogP contribution < -0.4 is 10.9 Å². The van der Waals surface area contributed by atoms with Gasteiger partial charge >= 0.3 is 0 Å². The molecule has 1 unspecified atom stereocenters. The van der Waals surface area contributed by atoms with Gasteiger partial charge in [-0.25, -0.2) is 4.98 Å². The van der Waals surface area contributed by atoms with Crippen molar-refractivity contribution in [2.45, 2.75) is 57.6 Å². The molecular weight excluding hydrogens is 456 g/mol. The highest BCUT2D eigenvalue weighted by molar-refractivity contribution is 8.26. The first-order valence-corrected chi connectivity index (χ1v) is 12.9. The average Bonchev–Trinajstić information content (AvgIpc) is 3.42. The van der Waals surface area contributed by atoms with Gasteiger partial charge < -0.3 is 10.1 Å². The molecule has 2 saturated heterocycles. The van der Waals surface area contributed by atoms with E-state index in [9.17, 15) is 9.59 Å². The van der Waals surface area contributed by atoms with Crippen molar-refractivity contribution in [3.05, 3.63) is 45.2 Å². The van der Waals surface area contributed by atoms with Crippen LogP contribution in [0.3, 0.4) is 0 Å². The minimum atomic E-state index is -0.198. The number of aromatic nitrogens is 2. The van der Waals surface area contributed by atoms with E-state index in [1.165, 1.54) is 16.2 Å². The van der Waals surface area contributed by atoms with Crippen LogP contribution in [0.15, 0.2) is 34.1 Å². The van der Waals surface area contributed by atoms with E-state index in [1.807, 2.05) is 12.1 Å². The molecular formula is C24H28N4O3S2. The number of carbonyl (C=O) groups is 1. The summed E-state index contributed by atoms with van der Waals surface area (Å²) >= 11 is 6.73. The van der Waals surface area contributed by atoms with Crippen molar-refractivity contribution in [1.29, 1.82) is 0 Å². The fourth-order valence-electron chi connectivity index (χ4n) is 4.72. The van der Waals surface area contributed by atoms with E-state index >= 15 is 0 Å². The summed E-state index contributed by atoms with van der Waals surface area (Å²) in [6, 6.07) is 5.75. The molecule has 0 spiro atoms. The summed E-state index contributed by atoms with van der Waals surface area (Å²) in [6.45, 7) is 3.47. The Balaban J connectivity index is 1.49. The molecule has 2 aromatic heterocycles. The number of amides is 1. The van der Waals surface area contributed by atoms with Crippen LogP contribution in [0.4, 0.5) is 5.82 Å². The number of thiocarbonyl (C=S) groups is 1. The summed E-state index contributed by atoms with van der Waals surface area (Å²) in [5, 5.41) is 3.52. The zero-order valence-corrected chi connectivity index (χ0v) is 20.3. The number of pyridine rings is 1. The van der Waals surface area contributed by atoms with E-state index in [2.05, 4.69) is 12.2 Å². The quantitative estimate of drug-likeness (QED) is 0.507. The van der Waals surface area contributed by atoms with Gasteiger partial charge in [0.25, 0.3) is 11.5 Å². The van der Waals surface area contributed by atoms with Crippen molar-refractivity contribution in [1.82, 2.24) is 14.3 Å². The van der Waals surface area contributed by atoms with Crippen LogP contribution >= 0.6 is 24.0 Å². The Morgan fingerprint density at radius 1 is 1.24 bits per heavy atom. The molecule has 174 valence electrons. The van der Waals surface area contributed by atoms with Crippen LogP contribution in [0.1, 0.15) is 51.0 Å². The Labute approximate surface area is 202 Å². The molecule has 3 aliphatic rings. The Morgan fingerprint density at radius 2 is 2.06 bits per heavy atom. The molecule has 1 saturated carbocycles. The standard InChI is InChI=1S/C24H28N4O3S2/c1-15-7-9-16(10-8-15)25-21-18(22(29)27-11-3-2-6-20(27)26-21)13-19-23(30)28(24(32)33-19)14-17-5-4-12-31-17/h2-3,6,11,13,15-17,25H,4-5,7-10,12,14H2,1H3/b19-13+. The van der Waals surface area contributed by atoms with Gasteiger partial charge in [0.2, 0.25) is 0 Å². The van der Waals surface area contributed by atoms with Crippen LogP contribution in [0.5, 0.6) is 0 Å². The zero-order valence-electron chi connectivity index (χ0n) is 18.7. The number of ether oxygens (including phenoxy) is 1. The minimum absolute atomic E-state index is 0.0192.